The van der Waals surface area contributed by atoms with Crippen LogP contribution in [0.25, 0.3) is 21.9 Å². The molecule has 0 saturated heterocycles. The van der Waals surface area contributed by atoms with Gasteiger partial charge < -0.3 is 17.9 Å². The molecule has 0 bridgehead atoms. The number of methoxy groups -OCH3 is 2. The van der Waals surface area contributed by atoms with Crippen molar-refractivity contribution in [2.45, 2.75) is 27.7 Å². The Kier molecular flexibility index (Phi) is 5.33. The number of aryl methyl sites for hydroxylation is 2. The van der Waals surface area contributed by atoms with Gasteiger partial charge in [0.25, 0.3) is 0 Å². The maximum Gasteiger partial charge on any atom is 0.327 e. The van der Waals surface area contributed by atoms with Gasteiger partial charge in [0.2, 0.25) is 0 Å². The molecule has 3 rings (SSSR count). The second kappa shape index (κ2) is 7.09. The highest BCUT2D eigenvalue weighted by atomic mass is 35.7. The second-order valence-electron chi connectivity index (χ2n) is 6.00. The van der Waals surface area contributed by atoms with E-state index in [2.05, 4.69) is 0 Å². The largest absolute Gasteiger partial charge is 0.494 e. The van der Waals surface area contributed by atoms with E-state index in [-0.39, 0.29) is 0 Å². The van der Waals surface area contributed by atoms with Crippen molar-refractivity contribution in [1.82, 2.24) is 0 Å². The molecule has 8 heteroatoms. The number of hydrogen-bond donors (Lipinski definition) is 0. The number of fused-ring (bicyclic) bond motifs is 3. The fourth-order valence-electron chi connectivity index (χ4n) is 3.04. The third-order valence-electron chi connectivity index (χ3n) is 4.76. The number of benzene rings is 2. The molecule has 140 valence electrons. The molecule has 0 unspecified atom stereocenters. The Bertz CT molecular complexity index is 1010. The smallest absolute Gasteiger partial charge is 0.327 e. The zero-order valence-corrected chi connectivity index (χ0v) is 18.4. The van der Waals surface area contributed by atoms with Crippen LogP contribution < -0.4 is 9.47 Å². The van der Waals surface area contributed by atoms with Crippen molar-refractivity contribution in [3.63, 3.8) is 0 Å². The summed E-state index contributed by atoms with van der Waals surface area (Å²) in [7, 11) is 1.38. The molecule has 0 aliphatic heterocycles. The van der Waals surface area contributed by atoms with Gasteiger partial charge >= 0.3 is 7.37 Å². The SMILES string of the molecule is COc1c(Cl)c(C)c(C)c2op(Cl)oc3c(C)c(C)c(Cl)c(OC)c3c12. The van der Waals surface area contributed by atoms with Gasteiger partial charge in [-0.25, -0.2) is 0 Å². The summed E-state index contributed by atoms with van der Waals surface area (Å²) in [4.78, 5) is 0. The van der Waals surface area contributed by atoms with Crippen molar-refractivity contribution in [2.24, 2.45) is 0 Å². The van der Waals surface area contributed by atoms with E-state index in [0.717, 1.165) is 22.3 Å². The van der Waals surface area contributed by atoms with Crippen molar-refractivity contribution in [3.8, 4) is 11.5 Å². The third kappa shape index (κ3) is 2.75. The van der Waals surface area contributed by atoms with Crippen LogP contribution in [0.2, 0.25) is 10.0 Å². The summed E-state index contributed by atoms with van der Waals surface area (Å²) < 4.78 is 23.2. The summed E-state index contributed by atoms with van der Waals surface area (Å²) in [5.41, 5.74) is 4.51. The number of ether oxygens (including phenoxy) is 2. The molecule has 4 nitrogen and oxygen atoms in total. The average molecular weight is 436 g/mol. The first-order valence-corrected chi connectivity index (χ1v) is 10.6. The summed E-state index contributed by atoms with van der Waals surface area (Å²) in [5, 5.41) is 2.25. The molecule has 3 aromatic rings. The topological polar surface area (TPSA) is 44.7 Å². The lowest BCUT2D eigenvalue weighted by Gasteiger charge is -2.15. The molecule has 0 spiro atoms. The van der Waals surface area contributed by atoms with E-state index in [9.17, 15) is 0 Å². The van der Waals surface area contributed by atoms with E-state index in [1.807, 2.05) is 27.7 Å². The molecular formula is C18H18Cl3O4P. The molecule has 0 N–H and O–H groups in total. The maximum absolute atomic E-state index is 6.58. The second-order valence-corrected chi connectivity index (χ2v) is 8.37. The van der Waals surface area contributed by atoms with Crippen molar-refractivity contribution in [1.29, 1.82) is 0 Å². The van der Waals surface area contributed by atoms with Gasteiger partial charge in [0.15, 0.2) is 0 Å². The molecular weight excluding hydrogens is 418 g/mol. The van der Waals surface area contributed by atoms with Gasteiger partial charge in [0, 0.05) is 11.2 Å². The van der Waals surface area contributed by atoms with Crippen LogP contribution in [-0.2, 0) is 0 Å². The normalized spacial score (nSPS) is 11.3. The summed E-state index contributed by atoms with van der Waals surface area (Å²) >= 11 is 19.5. The van der Waals surface area contributed by atoms with Gasteiger partial charge in [-0.05, 0) is 49.9 Å². The lowest BCUT2D eigenvalue weighted by molar-refractivity contribution is 0.416. The van der Waals surface area contributed by atoms with Crippen LogP contribution in [0.4, 0.5) is 0 Å². The van der Waals surface area contributed by atoms with E-state index < -0.39 is 7.37 Å². The minimum atomic E-state index is -1.73. The minimum absolute atomic E-state index is 0.467. The van der Waals surface area contributed by atoms with Crippen molar-refractivity contribution in [2.75, 3.05) is 14.2 Å². The Hall–Kier alpha value is -1.19. The summed E-state index contributed by atoms with van der Waals surface area (Å²) in [5.74, 6) is 0.934. The van der Waals surface area contributed by atoms with E-state index in [1.165, 1.54) is 0 Å². The van der Waals surface area contributed by atoms with E-state index in [4.69, 9.17) is 52.3 Å². The quantitative estimate of drug-likeness (QED) is 0.411. The monoisotopic (exact) mass is 434 g/mol. The lowest BCUT2D eigenvalue weighted by atomic mass is 9.99. The number of halogens is 3. The Balaban J connectivity index is 2.87. The van der Waals surface area contributed by atoms with Crippen LogP contribution in [0.15, 0.2) is 8.39 Å². The fraction of sp³-hybridized carbons (Fsp3) is 0.333. The Morgan fingerprint density at radius 3 is 1.35 bits per heavy atom. The molecule has 2 aromatic carbocycles. The van der Waals surface area contributed by atoms with Crippen LogP contribution >= 0.6 is 41.8 Å². The van der Waals surface area contributed by atoms with Gasteiger partial charge in [-0.2, -0.15) is 0 Å². The van der Waals surface area contributed by atoms with E-state index in [1.54, 1.807) is 14.2 Å². The zero-order valence-electron chi connectivity index (χ0n) is 15.2. The Morgan fingerprint density at radius 1 is 0.692 bits per heavy atom. The van der Waals surface area contributed by atoms with E-state index >= 15 is 0 Å². The molecule has 0 amide bonds. The molecule has 0 saturated carbocycles. The lowest BCUT2D eigenvalue weighted by Crippen LogP contribution is -1.96. The number of rotatable bonds is 2. The van der Waals surface area contributed by atoms with Gasteiger partial charge in [-0.15, -0.1) is 0 Å². The van der Waals surface area contributed by atoms with Crippen molar-refractivity contribution in [3.05, 3.63) is 32.3 Å². The number of hydrogen-bond acceptors (Lipinski definition) is 4. The van der Waals surface area contributed by atoms with Crippen LogP contribution in [0.3, 0.4) is 0 Å². The van der Waals surface area contributed by atoms with Crippen LogP contribution in [0, 0.1) is 27.7 Å². The maximum atomic E-state index is 6.58. The third-order valence-corrected chi connectivity index (χ3v) is 6.73. The van der Waals surface area contributed by atoms with Crippen LogP contribution in [-0.4, -0.2) is 14.2 Å². The molecule has 1 heterocycles. The van der Waals surface area contributed by atoms with Gasteiger partial charge in [-0.1, -0.05) is 23.2 Å². The highest BCUT2D eigenvalue weighted by Crippen LogP contribution is 2.51. The molecule has 0 radical (unpaired) electrons. The summed E-state index contributed by atoms with van der Waals surface area (Å²) in [6.07, 6.45) is 0. The Morgan fingerprint density at radius 2 is 1.04 bits per heavy atom. The average Bonchev–Trinajstić information content (AvgIpc) is 2.76. The highest BCUT2D eigenvalue weighted by molar-refractivity contribution is 7.68. The van der Waals surface area contributed by atoms with Gasteiger partial charge in [-0.3, -0.25) is 0 Å². The summed E-state index contributed by atoms with van der Waals surface area (Å²) in [6, 6.07) is 0. The zero-order chi connectivity index (χ0) is 19.3. The summed E-state index contributed by atoms with van der Waals surface area (Å²) in [6.45, 7) is 7.63. The predicted molar refractivity (Wildman–Crippen MR) is 110 cm³/mol. The predicted octanol–water partition coefficient (Wildman–Crippen LogP) is 7.85. The van der Waals surface area contributed by atoms with E-state index in [0.29, 0.717) is 43.5 Å². The first kappa shape index (κ1) is 19.6. The van der Waals surface area contributed by atoms with Crippen molar-refractivity contribution >= 4 is 63.7 Å². The van der Waals surface area contributed by atoms with Crippen LogP contribution in [0.1, 0.15) is 22.3 Å². The molecule has 0 atom stereocenters. The molecule has 1 aromatic heterocycles. The minimum Gasteiger partial charge on any atom is -0.494 e. The highest BCUT2D eigenvalue weighted by Gasteiger charge is 2.24. The molecule has 26 heavy (non-hydrogen) atoms. The van der Waals surface area contributed by atoms with Crippen LogP contribution in [0.5, 0.6) is 11.5 Å². The first-order valence-electron chi connectivity index (χ1n) is 7.80. The van der Waals surface area contributed by atoms with Crippen molar-refractivity contribution < 1.29 is 17.9 Å². The molecule has 0 aliphatic carbocycles. The fourth-order valence-corrected chi connectivity index (χ4v) is 4.86. The Labute approximate surface area is 167 Å². The molecule has 0 fully saturated rings. The van der Waals surface area contributed by atoms with Gasteiger partial charge in [0.1, 0.15) is 22.7 Å². The standard InChI is InChI=1S/C18H18Cl3O4P/c1-7-9(3)15-11(17(22-5)13(7)19)12-16(25-26(21)24-15)10(4)8(2)14(20)18(12)23-6/h1-6H3. The first-order chi connectivity index (χ1) is 12.2. The molecule has 0 aliphatic rings. The van der Waals surface area contributed by atoms with Gasteiger partial charge in [0.05, 0.1) is 35.0 Å².